The van der Waals surface area contributed by atoms with Gasteiger partial charge in [-0.05, 0) is 17.0 Å². The van der Waals surface area contributed by atoms with Gasteiger partial charge in [-0.25, -0.2) is 9.78 Å². The van der Waals surface area contributed by atoms with Crippen LogP contribution >= 0.6 is 22.7 Å². The zero-order valence-electron chi connectivity index (χ0n) is 14.7. The van der Waals surface area contributed by atoms with Crippen molar-refractivity contribution in [2.75, 3.05) is 7.11 Å². The molecule has 0 aliphatic rings. The molecule has 0 radical (unpaired) electrons. The number of rotatable bonds is 7. The number of alkyl carbamates (subject to hydrolysis) is 1. The molecule has 2 amide bonds. The Bertz CT molecular complexity index is 879. The van der Waals surface area contributed by atoms with Gasteiger partial charge in [-0.15, -0.1) is 22.7 Å². The molecule has 1 atom stereocenters. The third kappa shape index (κ3) is 5.38. The number of benzene rings is 1. The smallest absolute Gasteiger partial charge is 0.407 e. The maximum atomic E-state index is 12.6. The van der Waals surface area contributed by atoms with E-state index in [-0.39, 0.29) is 5.91 Å². The number of carbonyl (C=O) groups is 2. The molecule has 27 heavy (non-hydrogen) atoms. The highest BCUT2D eigenvalue weighted by atomic mass is 32.1. The fourth-order valence-electron chi connectivity index (χ4n) is 2.46. The lowest BCUT2D eigenvalue weighted by molar-refractivity contribution is -0.123. The monoisotopic (exact) mass is 401 g/mol. The third-order valence-electron chi connectivity index (χ3n) is 3.80. The molecular weight excluding hydrogens is 382 g/mol. The molecule has 8 heteroatoms. The summed E-state index contributed by atoms with van der Waals surface area (Å²) in [7, 11) is 1.27. The second-order valence-corrected chi connectivity index (χ2v) is 7.52. The van der Waals surface area contributed by atoms with E-state index in [0.29, 0.717) is 13.0 Å². The molecule has 0 fully saturated rings. The minimum atomic E-state index is -0.727. The molecule has 3 aromatic rings. The average molecular weight is 402 g/mol. The summed E-state index contributed by atoms with van der Waals surface area (Å²) in [5, 5.41) is 10.3. The van der Waals surface area contributed by atoms with Crippen molar-refractivity contribution in [2.24, 2.45) is 0 Å². The Kier molecular flexibility index (Phi) is 6.56. The van der Waals surface area contributed by atoms with Gasteiger partial charge in [0.25, 0.3) is 0 Å². The molecule has 2 heterocycles. The van der Waals surface area contributed by atoms with Gasteiger partial charge in [0.1, 0.15) is 11.0 Å². The molecule has 0 saturated carbocycles. The summed E-state index contributed by atoms with van der Waals surface area (Å²) in [5.74, 6) is -0.282. The second kappa shape index (κ2) is 9.29. The summed E-state index contributed by atoms with van der Waals surface area (Å²) >= 11 is 3.17. The molecule has 6 nitrogen and oxygen atoms in total. The summed E-state index contributed by atoms with van der Waals surface area (Å²) in [6.45, 7) is 0.300. The number of aromatic nitrogens is 1. The topological polar surface area (TPSA) is 80.3 Å². The first-order chi connectivity index (χ1) is 13.2. The molecule has 0 aliphatic heterocycles. The van der Waals surface area contributed by atoms with E-state index in [0.717, 1.165) is 21.1 Å². The molecular formula is C19H19N3O3S2. The highest BCUT2D eigenvalue weighted by Gasteiger charge is 2.21. The summed E-state index contributed by atoms with van der Waals surface area (Å²) in [6, 6.07) is 12.8. The fraction of sp³-hybridized carbons (Fsp3) is 0.211. The Labute approximate surface area is 165 Å². The number of ether oxygens (including phenoxy) is 1. The molecule has 3 rings (SSSR count). The van der Waals surface area contributed by atoms with E-state index in [1.54, 1.807) is 22.7 Å². The summed E-state index contributed by atoms with van der Waals surface area (Å²) in [5.41, 5.74) is 1.73. The van der Waals surface area contributed by atoms with E-state index in [2.05, 4.69) is 20.4 Å². The predicted molar refractivity (Wildman–Crippen MR) is 107 cm³/mol. The summed E-state index contributed by atoms with van der Waals surface area (Å²) in [6.07, 6.45) is -0.265. The van der Waals surface area contributed by atoms with Crippen LogP contribution in [0.5, 0.6) is 0 Å². The maximum Gasteiger partial charge on any atom is 0.407 e. The standard InChI is InChI=1S/C19H19N3O3S2/c1-25-19(24)22-15(10-13-6-3-2-4-7-13)17(23)20-11-14-12-27-18(21-14)16-8-5-9-26-16/h2-9,12,15H,10-11H2,1H3,(H,20,23)(H,22,24)/t15-/m0/s1. The van der Waals surface area contributed by atoms with Gasteiger partial charge in [0.05, 0.1) is 24.2 Å². The van der Waals surface area contributed by atoms with Crippen LogP contribution in [-0.2, 0) is 22.5 Å². The van der Waals surface area contributed by atoms with Crippen molar-refractivity contribution >= 4 is 34.7 Å². The van der Waals surface area contributed by atoms with Crippen LogP contribution in [0.3, 0.4) is 0 Å². The van der Waals surface area contributed by atoms with Crippen molar-refractivity contribution in [2.45, 2.75) is 19.0 Å². The number of hydrogen-bond donors (Lipinski definition) is 2. The first-order valence-electron chi connectivity index (χ1n) is 8.30. The Balaban J connectivity index is 1.62. The molecule has 0 saturated heterocycles. The van der Waals surface area contributed by atoms with Crippen LogP contribution in [0.25, 0.3) is 9.88 Å². The lowest BCUT2D eigenvalue weighted by atomic mass is 10.1. The lowest BCUT2D eigenvalue weighted by Gasteiger charge is -2.17. The largest absolute Gasteiger partial charge is 0.453 e. The van der Waals surface area contributed by atoms with Crippen molar-refractivity contribution in [3.8, 4) is 9.88 Å². The highest BCUT2D eigenvalue weighted by molar-refractivity contribution is 7.20. The molecule has 140 valence electrons. The van der Waals surface area contributed by atoms with Crippen LogP contribution in [-0.4, -0.2) is 30.1 Å². The number of hydrogen-bond acceptors (Lipinski definition) is 6. The average Bonchev–Trinajstić information content (AvgIpc) is 3.37. The lowest BCUT2D eigenvalue weighted by Crippen LogP contribution is -2.47. The second-order valence-electron chi connectivity index (χ2n) is 5.72. The van der Waals surface area contributed by atoms with E-state index < -0.39 is 12.1 Å². The van der Waals surface area contributed by atoms with E-state index in [1.165, 1.54) is 7.11 Å². The van der Waals surface area contributed by atoms with Crippen molar-refractivity contribution in [1.82, 2.24) is 15.6 Å². The number of nitrogens with zero attached hydrogens (tertiary/aromatic N) is 1. The van der Waals surface area contributed by atoms with Crippen LogP contribution in [0.15, 0.2) is 53.2 Å². The first-order valence-corrected chi connectivity index (χ1v) is 10.1. The van der Waals surface area contributed by atoms with Gasteiger partial charge in [-0.2, -0.15) is 0 Å². The van der Waals surface area contributed by atoms with Crippen LogP contribution in [0.2, 0.25) is 0 Å². The van der Waals surface area contributed by atoms with Gasteiger partial charge < -0.3 is 15.4 Å². The van der Waals surface area contributed by atoms with E-state index >= 15 is 0 Å². The van der Waals surface area contributed by atoms with Crippen LogP contribution in [0, 0.1) is 0 Å². The summed E-state index contributed by atoms with van der Waals surface area (Å²) < 4.78 is 4.64. The molecule has 2 N–H and O–H groups in total. The van der Waals surface area contributed by atoms with Gasteiger partial charge >= 0.3 is 6.09 Å². The highest BCUT2D eigenvalue weighted by Crippen LogP contribution is 2.27. The number of thiazole rings is 1. The molecule has 0 spiro atoms. The van der Waals surface area contributed by atoms with Gasteiger partial charge in [-0.1, -0.05) is 36.4 Å². The normalized spacial score (nSPS) is 11.6. The van der Waals surface area contributed by atoms with Gasteiger partial charge in [0.15, 0.2) is 0 Å². The van der Waals surface area contributed by atoms with Crippen LogP contribution in [0.4, 0.5) is 4.79 Å². The number of carbonyl (C=O) groups excluding carboxylic acids is 2. The number of nitrogens with one attached hydrogen (secondary N) is 2. The molecule has 1 aromatic carbocycles. The third-order valence-corrected chi connectivity index (χ3v) is 5.73. The maximum absolute atomic E-state index is 12.6. The van der Waals surface area contributed by atoms with Gasteiger partial charge in [0.2, 0.25) is 5.91 Å². The molecule has 2 aromatic heterocycles. The Morgan fingerprint density at radius 1 is 1.15 bits per heavy atom. The van der Waals surface area contributed by atoms with Crippen LogP contribution in [0.1, 0.15) is 11.3 Å². The fourth-order valence-corrected chi connectivity index (χ4v) is 4.10. The number of amides is 2. The van der Waals surface area contributed by atoms with Crippen molar-refractivity contribution in [3.63, 3.8) is 0 Å². The SMILES string of the molecule is COC(=O)N[C@@H](Cc1ccccc1)C(=O)NCc1csc(-c2cccs2)n1. The number of thiophene rings is 1. The quantitative estimate of drug-likeness (QED) is 0.635. The van der Waals surface area contributed by atoms with Gasteiger partial charge in [-0.3, -0.25) is 4.79 Å². The minimum Gasteiger partial charge on any atom is -0.453 e. The molecule has 0 aliphatic carbocycles. The Hall–Kier alpha value is -2.71. The zero-order chi connectivity index (χ0) is 19.1. The molecule has 0 bridgehead atoms. The summed E-state index contributed by atoms with van der Waals surface area (Å²) in [4.78, 5) is 29.9. The van der Waals surface area contributed by atoms with Crippen molar-refractivity contribution in [3.05, 3.63) is 64.5 Å². The van der Waals surface area contributed by atoms with E-state index in [9.17, 15) is 9.59 Å². The first kappa shape index (κ1) is 19.1. The van der Waals surface area contributed by atoms with Gasteiger partial charge in [0, 0.05) is 11.8 Å². The zero-order valence-corrected chi connectivity index (χ0v) is 16.3. The molecule has 0 unspecified atom stereocenters. The minimum absolute atomic E-state index is 0.282. The van der Waals surface area contributed by atoms with E-state index in [4.69, 9.17) is 0 Å². The number of methoxy groups -OCH3 is 1. The predicted octanol–water partition coefficient (Wildman–Crippen LogP) is 3.46. The van der Waals surface area contributed by atoms with Crippen LogP contribution < -0.4 is 10.6 Å². The Morgan fingerprint density at radius 3 is 2.67 bits per heavy atom. The van der Waals surface area contributed by atoms with Crippen molar-refractivity contribution in [1.29, 1.82) is 0 Å². The van der Waals surface area contributed by atoms with Crippen molar-refractivity contribution < 1.29 is 14.3 Å². The van der Waals surface area contributed by atoms with E-state index in [1.807, 2.05) is 53.2 Å². The Morgan fingerprint density at radius 2 is 1.96 bits per heavy atom.